The molecule has 13 atom stereocenters. The van der Waals surface area contributed by atoms with E-state index in [2.05, 4.69) is 39.5 Å². The molecule has 12 N–H and O–H groups in total. The molecule has 0 aliphatic carbocycles. The van der Waals surface area contributed by atoms with Crippen molar-refractivity contribution in [2.24, 2.45) is 0 Å². The zero-order valence-electron chi connectivity index (χ0n) is 27.3. The number of fused-ring (bicyclic) bond motifs is 2. The monoisotopic (exact) mass is 808 g/mol. The van der Waals surface area contributed by atoms with Gasteiger partial charge in [-0.3, -0.25) is 28.0 Å². The maximum Gasteiger partial charge on any atom is 0.481 e. The van der Waals surface area contributed by atoms with Crippen molar-refractivity contribution in [3.63, 3.8) is 0 Å². The normalized spacial score (nSPS) is 33.7. The number of aliphatic hydroxyl groups is 6. The van der Waals surface area contributed by atoms with Gasteiger partial charge in [0.05, 0.1) is 38.6 Å². The molecule has 7 rings (SSSR count). The van der Waals surface area contributed by atoms with Crippen LogP contribution in [0, 0.1) is 0 Å². The standard InChI is InChI=1S/C25H34N10O17P2/c26-19-13-20(28-5-27-19)35(7-29-13)24-18(41)16(39)11(51-24)4-48-54(45,46)52-53(43,44)47-3-10-15(38)17(40)23(50-10)33-25-31-21-14(22(42)32-25)30-6-34(21)12-1-8(37)9(2-36)49-12/h5-12,15-18,23-24,36-41H,1-4H2,(H,43,44)(H,45,46)(H2,26,27,28)(H2,31,32,33,42)/t8-,9+,10+,11+,12+,15+,16+,17+,18+,23?,24+/m0/s1. The third-order valence-electron chi connectivity index (χ3n) is 8.78. The number of nitrogens with zero attached hydrogens (tertiary/aromatic N) is 7. The Bertz CT molecular complexity index is 2150. The van der Waals surface area contributed by atoms with Crippen LogP contribution in [0.25, 0.3) is 22.3 Å². The third kappa shape index (κ3) is 7.50. The summed E-state index contributed by atoms with van der Waals surface area (Å²) >= 11 is 0. The lowest BCUT2D eigenvalue weighted by Gasteiger charge is -2.20. The predicted molar refractivity (Wildman–Crippen MR) is 172 cm³/mol. The Labute approximate surface area is 300 Å². The van der Waals surface area contributed by atoms with Gasteiger partial charge >= 0.3 is 15.6 Å². The second-order valence-corrected chi connectivity index (χ2v) is 15.4. The summed E-state index contributed by atoms with van der Waals surface area (Å²) in [4.78, 5) is 55.5. The molecule has 7 heterocycles. The maximum absolute atomic E-state index is 12.7. The number of aliphatic hydroxyl groups excluding tert-OH is 6. The Hall–Kier alpha value is -3.60. The van der Waals surface area contributed by atoms with Crippen LogP contribution in [0.2, 0.25) is 0 Å². The highest BCUT2D eigenvalue weighted by atomic mass is 31.3. The minimum Gasteiger partial charge on any atom is -0.394 e. The SMILES string of the molecule is Nc1ncnc2c1ncn2[C@@H]1O[C@H](COP(=O)(O)OP(=O)(O)OC[C@H]2OC(Nc3nc4c(ncn4[C@H]4C[C@H](O)[C@@H](CO)O4)c(=O)[nH]3)[C@H](O)[C@@H]2O)[C@@H](O)[C@H]1O. The molecule has 3 fully saturated rings. The molecular weight excluding hydrogens is 774 g/mol. The number of nitrogen functional groups attached to an aromatic ring is 1. The van der Waals surface area contributed by atoms with Gasteiger partial charge in [-0.1, -0.05) is 0 Å². The number of aromatic nitrogens is 8. The van der Waals surface area contributed by atoms with Crippen LogP contribution in [0.15, 0.2) is 23.8 Å². The van der Waals surface area contributed by atoms with Crippen LogP contribution in [0.4, 0.5) is 11.8 Å². The minimum atomic E-state index is -5.46. The molecule has 4 aromatic heterocycles. The number of hydrogen-bond donors (Lipinski definition) is 11. The summed E-state index contributed by atoms with van der Waals surface area (Å²) in [6.45, 7) is -2.37. The van der Waals surface area contributed by atoms with E-state index in [1.807, 2.05) is 0 Å². The van der Waals surface area contributed by atoms with Gasteiger partial charge in [0.15, 0.2) is 35.1 Å². The number of H-pyrrole nitrogens is 1. The first kappa shape index (κ1) is 38.7. The number of anilines is 2. The van der Waals surface area contributed by atoms with E-state index in [1.54, 1.807) is 0 Å². The van der Waals surface area contributed by atoms with Gasteiger partial charge in [0.2, 0.25) is 5.95 Å². The van der Waals surface area contributed by atoms with Gasteiger partial charge in [0.25, 0.3) is 5.56 Å². The Kier molecular flexibility index (Phi) is 10.6. The molecule has 3 unspecified atom stereocenters. The number of nitrogens with two attached hydrogens (primary N) is 1. The third-order valence-corrected chi connectivity index (χ3v) is 11.4. The largest absolute Gasteiger partial charge is 0.481 e. The van der Waals surface area contributed by atoms with Crippen molar-refractivity contribution in [2.45, 2.75) is 73.9 Å². The molecule has 0 aromatic carbocycles. The average Bonchev–Trinajstić information content (AvgIpc) is 3.93. The number of rotatable bonds is 13. The smallest absolute Gasteiger partial charge is 0.394 e. The first-order valence-corrected chi connectivity index (χ1v) is 18.8. The van der Waals surface area contributed by atoms with Crippen molar-refractivity contribution in [1.29, 1.82) is 0 Å². The second-order valence-electron chi connectivity index (χ2n) is 12.3. The number of ether oxygens (including phenoxy) is 3. The van der Waals surface area contributed by atoms with Gasteiger partial charge in [-0.2, -0.15) is 9.29 Å². The van der Waals surface area contributed by atoms with Gasteiger partial charge < -0.3 is 65.7 Å². The summed E-state index contributed by atoms with van der Waals surface area (Å²) in [5.41, 5.74) is 5.26. The van der Waals surface area contributed by atoms with Crippen molar-refractivity contribution in [3.05, 3.63) is 29.3 Å². The lowest BCUT2D eigenvalue weighted by Crippen LogP contribution is -2.37. The van der Waals surface area contributed by atoms with Crippen molar-refractivity contribution in [1.82, 2.24) is 39.0 Å². The number of hydrogen-bond acceptors (Lipinski definition) is 22. The fourth-order valence-electron chi connectivity index (χ4n) is 6.06. The van der Waals surface area contributed by atoms with E-state index in [1.165, 1.54) is 21.8 Å². The fourth-order valence-corrected chi connectivity index (χ4v) is 8.15. The van der Waals surface area contributed by atoms with Crippen molar-refractivity contribution >= 4 is 49.7 Å². The van der Waals surface area contributed by atoms with Crippen LogP contribution in [0.3, 0.4) is 0 Å². The Morgan fingerprint density at radius 3 is 2.19 bits per heavy atom. The first-order valence-electron chi connectivity index (χ1n) is 15.9. The van der Waals surface area contributed by atoms with Gasteiger partial charge in [-0.15, -0.1) is 0 Å². The van der Waals surface area contributed by atoms with Gasteiger partial charge in [0.1, 0.15) is 60.8 Å². The van der Waals surface area contributed by atoms with Crippen LogP contribution >= 0.6 is 15.6 Å². The molecule has 0 amide bonds. The first-order chi connectivity index (χ1) is 25.6. The van der Waals surface area contributed by atoms with Crippen LogP contribution in [-0.2, 0) is 36.7 Å². The minimum absolute atomic E-state index is 0.00326. The van der Waals surface area contributed by atoms with E-state index in [0.29, 0.717) is 0 Å². The van der Waals surface area contributed by atoms with Gasteiger partial charge in [-0.25, -0.2) is 29.1 Å². The van der Waals surface area contributed by atoms with E-state index in [0.717, 1.165) is 6.33 Å². The molecular formula is C25H34N10O17P2. The summed E-state index contributed by atoms with van der Waals surface area (Å²) in [6.07, 6.45) is -11.7. The maximum atomic E-state index is 12.7. The van der Waals surface area contributed by atoms with Crippen LogP contribution < -0.4 is 16.6 Å². The van der Waals surface area contributed by atoms with Crippen molar-refractivity contribution < 1.29 is 77.1 Å². The molecule has 54 heavy (non-hydrogen) atoms. The molecule has 0 spiro atoms. The Balaban J connectivity index is 0.934. The molecule has 29 heteroatoms. The fraction of sp³-hybridized carbons (Fsp3) is 0.600. The molecule has 27 nitrogen and oxygen atoms in total. The number of nitrogens with one attached hydrogen (secondary N) is 2. The summed E-state index contributed by atoms with van der Waals surface area (Å²) in [5, 5.41) is 64.2. The average molecular weight is 809 g/mol. The highest BCUT2D eigenvalue weighted by Crippen LogP contribution is 2.60. The van der Waals surface area contributed by atoms with Crippen LogP contribution in [0.1, 0.15) is 18.9 Å². The number of phosphoric acid groups is 2. The molecule has 3 aliphatic rings. The topological polar surface area (TPSA) is 397 Å². The Morgan fingerprint density at radius 1 is 0.852 bits per heavy atom. The zero-order chi connectivity index (χ0) is 38.7. The van der Waals surface area contributed by atoms with Crippen molar-refractivity contribution in [2.75, 3.05) is 30.9 Å². The second kappa shape index (κ2) is 14.8. The zero-order valence-corrected chi connectivity index (χ0v) is 29.1. The van der Waals surface area contributed by atoms with Crippen molar-refractivity contribution in [3.8, 4) is 0 Å². The lowest BCUT2D eigenvalue weighted by molar-refractivity contribution is -0.0506. The summed E-state index contributed by atoms with van der Waals surface area (Å²) in [5.74, 6) is -0.237. The van der Waals surface area contributed by atoms with E-state index in [9.17, 15) is 54.4 Å². The van der Waals surface area contributed by atoms with E-state index in [4.69, 9.17) is 29.0 Å². The Morgan fingerprint density at radius 2 is 1.50 bits per heavy atom. The highest BCUT2D eigenvalue weighted by Gasteiger charge is 2.48. The summed E-state index contributed by atoms with van der Waals surface area (Å²) in [6, 6.07) is 0. The van der Waals surface area contributed by atoms with E-state index in [-0.39, 0.29) is 40.5 Å². The van der Waals surface area contributed by atoms with Gasteiger partial charge in [-0.05, 0) is 0 Å². The van der Waals surface area contributed by atoms with Crippen LogP contribution in [-0.4, -0.2) is 154 Å². The molecule has 3 saturated heterocycles. The summed E-state index contributed by atoms with van der Waals surface area (Å²) in [7, 11) is -10.9. The number of aromatic amines is 1. The molecule has 3 aliphatic heterocycles. The number of phosphoric ester groups is 2. The molecule has 0 bridgehead atoms. The number of imidazole rings is 2. The highest BCUT2D eigenvalue weighted by molar-refractivity contribution is 7.61. The van der Waals surface area contributed by atoms with Crippen LogP contribution in [0.5, 0.6) is 0 Å². The van der Waals surface area contributed by atoms with Gasteiger partial charge in [0, 0.05) is 6.42 Å². The molecule has 0 radical (unpaired) electrons. The predicted octanol–water partition coefficient (Wildman–Crippen LogP) is -4.09. The summed E-state index contributed by atoms with van der Waals surface area (Å²) < 4.78 is 58.2. The molecule has 0 saturated carbocycles. The molecule has 296 valence electrons. The quantitative estimate of drug-likeness (QED) is 0.0572. The molecule has 4 aromatic rings. The lowest BCUT2D eigenvalue weighted by atomic mass is 10.1. The van der Waals surface area contributed by atoms with E-state index < -0.39 is 109 Å². The van der Waals surface area contributed by atoms with E-state index >= 15 is 0 Å².